The van der Waals surface area contributed by atoms with Crippen molar-refractivity contribution in [2.45, 2.75) is 51.9 Å². The highest BCUT2D eigenvalue weighted by atomic mass is 79.9. The first kappa shape index (κ1) is 26.0. The summed E-state index contributed by atoms with van der Waals surface area (Å²) >= 11 is 3.35. The number of piperazine rings is 1. The van der Waals surface area contributed by atoms with Crippen molar-refractivity contribution in [1.82, 2.24) is 9.80 Å². The molecular weight excluding hydrogens is 507 g/mol. The first-order valence-electron chi connectivity index (χ1n) is 11.1. The molecule has 3 rings (SSSR count). The molecule has 1 heterocycles. The molecule has 0 saturated carbocycles. The molecule has 184 valence electrons. The van der Waals surface area contributed by atoms with Gasteiger partial charge in [-0.25, -0.2) is 9.18 Å². The summed E-state index contributed by atoms with van der Waals surface area (Å²) < 4.78 is 25.3. The van der Waals surface area contributed by atoms with Crippen molar-refractivity contribution in [2.24, 2.45) is 0 Å². The first-order chi connectivity index (χ1) is 16.0. The van der Waals surface area contributed by atoms with Crippen LogP contribution in [0.2, 0.25) is 0 Å². The van der Waals surface area contributed by atoms with Gasteiger partial charge in [0.2, 0.25) is 0 Å². The van der Waals surface area contributed by atoms with Gasteiger partial charge in [-0.15, -0.1) is 0 Å². The summed E-state index contributed by atoms with van der Waals surface area (Å²) in [7, 11) is 0. The number of ether oxygens (including phenoxy) is 2. The highest BCUT2D eigenvalue weighted by Crippen LogP contribution is 2.33. The Morgan fingerprint density at radius 2 is 1.76 bits per heavy atom. The molecule has 34 heavy (non-hydrogen) atoms. The Bertz CT molecular complexity index is 1030. The van der Waals surface area contributed by atoms with E-state index in [4.69, 9.17) is 9.47 Å². The van der Waals surface area contributed by atoms with Crippen molar-refractivity contribution >= 4 is 27.8 Å². The van der Waals surface area contributed by atoms with Crippen LogP contribution in [0.5, 0.6) is 11.5 Å². The number of carboxylic acid groups (broad SMARTS) is 1. The maximum Gasteiger partial charge on any atom is 0.347 e. The molecule has 1 N–H and O–H groups in total. The van der Waals surface area contributed by atoms with Crippen LogP contribution in [0.3, 0.4) is 0 Å². The molecule has 2 aromatic rings. The van der Waals surface area contributed by atoms with E-state index in [0.29, 0.717) is 29.9 Å². The molecule has 2 aromatic carbocycles. The van der Waals surface area contributed by atoms with E-state index in [1.54, 1.807) is 35.2 Å². The van der Waals surface area contributed by atoms with Crippen molar-refractivity contribution in [3.8, 4) is 11.5 Å². The summed E-state index contributed by atoms with van der Waals surface area (Å²) in [5.74, 6) is -1.00. The lowest BCUT2D eigenvalue weighted by atomic mass is 10.1. The van der Waals surface area contributed by atoms with Gasteiger partial charge in [-0.3, -0.25) is 9.69 Å². The molecule has 1 aliphatic heterocycles. The summed E-state index contributed by atoms with van der Waals surface area (Å²) in [5, 5.41) is 9.37. The van der Waals surface area contributed by atoms with Gasteiger partial charge in [0.05, 0.1) is 0 Å². The Morgan fingerprint density at radius 3 is 2.41 bits per heavy atom. The molecular formula is C25H30BrFN2O5. The van der Waals surface area contributed by atoms with Gasteiger partial charge in [-0.05, 0) is 63.6 Å². The van der Waals surface area contributed by atoms with Gasteiger partial charge >= 0.3 is 5.97 Å². The summed E-state index contributed by atoms with van der Waals surface area (Å²) in [6.07, 6.45) is 0. The van der Waals surface area contributed by atoms with Gasteiger partial charge in [0.15, 0.2) is 23.7 Å². The minimum atomic E-state index is -1.46. The van der Waals surface area contributed by atoms with E-state index in [2.05, 4.69) is 27.8 Å². The average molecular weight is 537 g/mol. The highest BCUT2D eigenvalue weighted by Gasteiger charge is 2.33. The van der Waals surface area contributed by atoms with E-state index < -0.39 is 11.6 Å². The van der Waals surface area contributed by atoms with Crippen LogP contribution < -0.4 is 9.47 Å². The number of carbonyl (C=O) groups excluding carboxylic acids is 1. The second-order valence-corrected chi connectivity index (χ2v) is 10.0. The summed E-state index contributed by atoms with van der Waals surface area (Å²) in [6, 6.07) is 11.5. The predicted molar refractivity (Wildman–Crippen MR) is 129 cm³/mol. The number of nitrogens with zero attached hydrogens (tertiary/aromatic N) is 2. The molecule has 7 nitrogen and oxygen atoms in total. The lowest BCUT2D eigenvalue weighted by molar-refractivity contribution is -0.152. The molecule has 0 bridgehead atoms. The summed E-state index contributed by atoms with van der Waals surface area (Å²) in [5.41, 5.74) is -0.441. The standard InChI is InChI=1S/C25H30BrFN2O5/c1-16-13-29(17(2)12-28(16)14-18-5-8-20(27)9-6-18)23(30)15-33-21-10-7-19(26)11-22(21)34-25(3,4)24(31)32/h5-11,16-17H,12-15H2,1-4H3,(H,31,32). The number of carbonyl (C=O) groups is 2. The minimum absolute atomic E-state index is 0.0284. The number of halogens is 2. The van der Waals surface area contributed by atoms with Crippen molar-refractivity contribution < 1.29 is 28.6 Å². The monoisotopic (exact) mass is 536 g/mol. The quantitative estimate of drug-likeness (QED) is 0.540. The van der Waals surface area contributed by atoms with E-state index in [1.165, 1.54) is 26.0 Å². The second kappa shape index (κ2) is 10.7. The van der Waals surface area contributed by atoms with E-state index in [-0.39, 0.29) is 36.2 Å². The number of aliphatic carboxylic acids is 1. The lowest BCUT2D eigenvalue weighted by Crippen LogP contribution is -2.58. The number of carboxylic acids is 1. The molecule has 0 aliphatic carbocycles. The zero-order chi connectivity index (χ0) is 25.0. The van der Waals surface area contributed by atoms with Crippen LogP contribution in [0.15, 0.2) is 46.9 Å². The lowest BCUT2D eigenvalue weighted by Gasteiger charge is -2.44. The van der Waals surface area contributed by atoms with Gasteiger partial charge in [0, 0.05) is 36.2 Å². The number of hydrogen-bond donors (Lipinski definition) is 1. The zero-order valence-electron chi connectivity index (χ0n) is 19.8. The first-order valence-corrected chi connectivity index (χ1v) is 11.9. The minimum Gasteiger partial charge on any atom is -0.480 e. The highest BCUT2D eigenvalue weighted by molar-refractivity contribution is 9.10. The van der Waals surface area contributed by atoms with Crippen LogP contribution in [-0.2, 0) is 16.1 Å². The van der Waals surface area contributed by atoms with Crippen LogP contribution in [0.4, 0.5) is 4.39 Å². The molecule has 1 saturated heterocycles. The third-order valence-corrected chi connectivity index (χ3v) is 6.36. The molecule has 2 atom stereocenters. The Hall–Kier alpha value is -2.65. The number of hydrogen-bond acceptors (Lipinski definition) is 5. The maximum absolute atomic E-state index is 13.2. The number of rotatable bonds is 8. The Labute approximate surface area is 207 Å². The fourth-order valence-electron chi connectivity index (χ4n) is 3.81. The molecule has 0 radical (unpaired) electrons. The molecule has 2 unspecified atom stereocenters. The molecule has 1 aliphatic rings. The number of benzene rings is 2. The third-order valence-electron chi connectivity index (χ3n) is 5.87. The van der Waals surface area contributed by atoms with E-state index >= 15 is 0 Å². The SMILES string of the molecule is CC1CN(C(=O)COc2ccc(Br)cc2OC(C)(C)C(=O)O)C(C)CN1Cc1ccc(F)cc1. The molecule has 0 aromatic heterocycles. The molecule has 0 spiro atoms. The largest absolute Gasteiger partial charge is 0.480 e. The fourth-order valence-corrected chi connectivity index (χ4v) is 4.15. The number of amides is 1. The van der Waals surface area contributed by atoms with Crippen molar-refractivity contribution in [1.29, 1.82) is 0 Å². The second-order valence-electron chi connectivity index (χ2n) is 9.10. The Balaban J connectivity index is 1.62. The summed E-state index contributed by atoms with van der Waals surface area (Å²) in [6.45, 7) is 8.66. The van der Waals surface area contributed by atoms with E-state index in [1.807, 2.05) is 6.92 Å². The van der Waals surface area contributed by atoms with Gasteiger partial charge in [-0.1, -0.05) is 28.1 Å². The van der Waals surface area contributed by atoms with Crippen LogP contribution in [0.1, 0.15) is 33.3 Å². The van der Waals surface area contributed by atoms with Crippen LogP contribution in [-0.4, -0.2) is 64.2 Å². The molecule has 9 heteroatoms. The van der Waals surface area contributed by atoms with Gasteiger partial charge in [0.25, 0.3) is 5.91 Å². The van der Waals surface area contributed by atoms with Gasteiger partial charge < -0.3 is 19.5 Å². The normalized spacial score (nSPS) is 19.1. The maximum atomic E-state index is 13.2. The summed E-state index contributed by atoms with van der Waals surface area (Å²) in [4.78, 5) is 28.5. The topological polar surface area (TPSA) is 79.3 Å². The Kier molecular flexibility index (Phi) is 8.20. The van der Waals surface area contributed by atoms with Crippen molar-refractivity contribution in [3.05, 3.63) is 58.3 Å². The van der Waals surface area contributed by atoms with Crippen LogP contribution in [0, 0.1) is 5.82 Å². The van der Waals surface area contributed by atoms with Crippen LogP contribution >= 0.6 is 15.9 Å². The molecule has 1 amide bonds. The van der Waals surface area contributed by atoms with Crippen molar-refractivity contribution in [3.63, 3.8) is 0 Å². The van der Waals surface area contributed by atoms with Gasteiger partial charge in [-0.2, -0.15) is 0 Å². The smallest absolute Gasteiger partial charge is 0.347 e. The Morgan fingerprint density at radius 1 is 1.09 bits per heavy atom. The van der Waals surface area contributed by atoms with Crippen molar-refractivity contribution in [2.75, 3.05) is 19.7 Å². The van der Waals surface area contributed by atoms with Gasteiger partial charge in [0.1, 0.15) is 5.82 Å². The third kappa shape index (κ3) is 6.48. The predicted octanol–water partition coefficient (Wildman–Crippen LogP) is 4.33. The molecule has 1 fully saturated rings. The van der Waals surface area contributed by atoms with E-state index in [0.717, 1.165) is 5.56 Å². The zero-order valence-corrected chi connectivity index (χ0v) is 21.3. The van der Waals surface area contributed by atoms with E-state index in [9.17, 15) is 19.1 Å². The average Bonchev–Trinajstić information content (AvgIpc) is 2.76. The van der Waals surface area contributed by atoms with Crippen LogP contribution in [0.25, 0.3) is 0 Å². The fraction of sp³-hybridized carbons (Fsp3) is 0.440.